The number of hydrogen-bond donors (Lipinski definition) is 3. The van der Waals surface area contributed by atoms with Gasteiger partial charge in [-0.3, -0.25) is 4.79 Å². The molecule has 5 nitrogen and oxygen atoms in total. The fourth-order valence-electron chi connectivity index (χ4n) is 3.57. The van der Waals surface area contributed by atoms with Crippen LogP contribution in [0.5, 0.6) is 5.75 Å². The summed E-state index contributed by atoms with van der Waals surface area (Å²) in [4.78, 5) is 15.5. The number of fused-ring (bicyclic) bond motifs is 3. The maximum absolute atomic E-state index is 12.4. The van der Waals surface area contributed by atoms with Crippen molar-refractivity contribution in [1.82, 2.24) is 4.98 Å². The molecular weight excluding hydrogens is 360 g/mol. The largest absolute Gasteiger partial charge is 0.496 e. The Morgan fingerprint density at radius 2 is 2.00 bits per heavy atom. The lowest BCUT2D eigenvalue weighted by Gasteiger charge is -2.16. The van der Waals surface area contributed by atoms with Crippen LogP contribution >= 0.6 is 11.3 Å². The molecule has 0 saturated heterocycles. The van der Waals surface area contributed by atoms with Gasteiger partial charge in [0.05, 0.1) is 12.6 Å². The van der Waals surface area contributed by atoms with Crippen molar-refractivity contribution in [2.75, 3.05) is 7.11 Å². The molecule has 0 saturated carbocycles. The van der Waals surface area contributed by atoms with Crippen LogP contribution in [-0.2, 0) is 6.42 Å². The molecule has 27 heavy (non-hydrogen) atoms. The summed E-state index contributed by atoms with van der Waals surface area (Å²) >= 11 is 1.44. The fraction of sp³-hybridized carbons (Fsp3) is 0.190. The number of H-pyrrole nitrogens is 1. The monoisotopic (exact) mass is 380 g/mol. The summed E-state index contributed by atoms with van der Waals surface area (Å²) in [7, 11) is 1.65. The molecule has 4 aromatic rings. The second-order valence-corrected chi connectivity index (χ2v) is 7.52. The molecule has 2 aromatic heterocycles. The molecule has 4 N–H and O–H groups in total. The highest BCUT2D eigenvalue weighted by Crippen LogP contribution is 2.41. The average Bonchev–Trinajstić information content (AvgIpc) is 3.13. The minimum absolute atomic E-state index is 0.0704. The number of hydrogen-bond acceptors (Lipinski definition) is 5. The summed E-state index contributed by atoms with van der Waals surface area (Å²) in [5.41, 5.74) is 10.1. The van der Waals surface area contributed by atoms with Gasteiger partial charge in [0, 0.05) is 22.8 Å². The molecular formula is C21H20N2O3S. The van der Waals surface area contributed by atoms with Crippen LogP contribution in [0.2, 0.25) is 0 Å². The first-order valence-corrected chi connectivity index (χ1v) is 9.51. The number of ether oxygens (including phenoxy) is 1. The van der Waals surface area contributed by atoms with Crippen LogP contribution in [0.1, 0.15) is 11.1 Å². The number of aromatic amines is 1. The first-order chi connectivity index (χ1) is 13.0. The molecule has 0 bridgehead atoms. The molecule has 138 valence electrons. The molecule has 0 spiro atoms. The lowest BCUT2D eigenvalue weighted by atomic mass is 9.94. The van der Waals surface area contributed by atoms with Crippen molar-refractivity contribution in [3.05, 3.63) is 63.3 Å². The third-order valence-corrected chi connectivity index (χ3v) is 5.69. The minimum atomic E-state index is -0.874. The van der Waals surface area contributed by atoms with E-state index < -0.39 is 6.23 Å². The summed E-state index contributed by atoms with van der Waals surface area (Å²) in [6.45, 7) is 1.97. The summed E-state index contributed by atoms with van der Waals surface area (Å²) in [6, 6.07) is 11.8. The van der Waals surface area contributed by atoms with Gasteiger partial charge in [0.2, 0.25) is 0 Å². The van der Waals surface area contributed by atoms with Crippen molar-refractivity contribution in [1.29, 1.82) is 0 Å². The van der Waals surface area contributed by atoms with Crippen molar-refractivity contribution in [3.8, 4) is 16.9 Å². The number of thiophene rings is 1. The van der Waals surface area contributed by atoms with Gasteiger partial charge >= 0.3 is 0 Å². The van der Waals surface area contributed by atoms with Gasteiger partial charge in [0.25, 0.3) is 5.56 Å². The van der Waals surface area contributed by atoms with Crippen LogP contribution < -0.4 is 16.0 Å². The predicted octanol–water partition coefficient (Wildman–Crippen LogP) is 3.55. The topological polar surface area (TPSA) is 88.3 Å². The Morgan fingerprint density at radius 3 is 2.67 bits per heavy atom. The fourth-order valence-corrected chi connectivity index (χ4v) is 4.36. The second kappa shape index (κ2) is 6.81. The number of aliphatic hydroxyl groups is 1. The molecule has 1 atom stereocenters. The standard InChI is InChI=1S/C21H20N2O3S/c1-11-9-15(26-2)17(13-5-3-12(4-6-13)10-16(22)24)18-14-7-8-27-20(14)21(25)23-19(11)18/h3-9,16,24H,10,22H2,1-2H3,(H,23,25). The maximum Gasteiger partial charge on any atom is 0.266 e. The van der Waals surface area contributed by atoms with Gasteiger partial charge in [-0.1, -0.05) is 24.3 Å². The van der Waals surface area contributed by atoms with Crippen molar-refractivity contribution < 1.29 is 9.84 Å². The van der Waals surface area contributed by atoms with Gasteiger partial charge in [0.1, 0.15) is 16.7 Å². The molecule has 2 heterocycles. The average molecular weight is 380 g/mol. The Labute approximate surface area is 160 Å². The molecule has 4 rings (SSSR count). The molecule has 0 aliphatic carbocycles. The number of aryl methyl sites for hydroxylation is 1. The molecule has 1 unspecified atom stereocenters. The quantitative estimate of drug-likeness (QED) is 0.473. The predicted molar refractivity (Wildman–Crippen MR) is 111 cm³/mol. The maximum atomic E-state index is 12.4. The SMILES string of the molecule is COc1cc(C)c2[nH]c(=O)c3sccc3c2c1-c1ccc(CC(N)O)cc1. The zero-order valence-electron chi connectivity index (χ0n) is 15.1. The number of benzene rings is 2. The molecule has 2 aromatic carbocycles. The third kappa shape index (κ3) is 3.02. The van der Waals surface area contributed by atoms with E-state index in [0.717, 1.165) is 44.3 Å². The molecule has 0 aliphatic heterocycles. The van der Waals surface area contributed by atoms with Crippen LogP contribution in [0.3, 0.4) is 0 Å². The van der Waals surface area contributed by atoms with Crippen molar-refractivity contribution in [3.63, 3.8) is 0 Å². The Hall–Kier alpha value is -2.67. The van der Waals surface area contributed by atoms with Crippen LogP contribution in [0.25, 0.3) is 32.1 Å². The Morgan fingerprint density at radius 1 is 1.26 bits per heavy atom. The number of aromatic nitrogens is 1. The van der Waals surface area contributed by atoms with Gasteiger partial charge in [0.15, 0.2) is 0 Å². The first kappa shape index (κ1) is 17.7. The highest BCUT2D eigenvalue weighted by molar-refractivity contribution is 7.17. The van der Waals surface area contributed by atoms with E-state index in [1.807, 2.05) is 48.7 Å². The second-order valence-electron chi connectivity index (χ2n) is 6.61. The first-order valence-electron chi connectivity index (χ1n) is 8.63. The summed E-state index contributed by atoms with van der Waals surface area (Å²) in [6.07, 6.45) is -0.477. The highest BCUT2D eigenvalue weighted by atomic mass is 32.1. The molecule has 0 fully saturated rings. The van der Waals surface area contributed by atoms with Gasteiger partial charge in [-0.2, -0.15) is 0 Å². The van der Waals surface area contributed by atoms with E-state index in [1.165, 1.54) is 11.3 Å². The van der Waals surface area contributed by atoms with Gasteiger partial charge in [-0.25, -0.2) is 0 Å². The number of rotatable bonds is 4. The molecule has 0 amide bonds. The van der Waals surface area contributed by atoms with Gasteiger partial charge in [-0.15, -0.1) is 11.3 Å². The lowest BCUT2D eigenvalue weighted by molar-refractivity contribution is 0.183. The van der Waals surface area contributed by atoms with Crippen LogP contribution in [0.4, 0.5) is 0 Å². The van der Waals surface area contributed by atoms with E-state index in [2.05, 4.69) is 4.98 Å². The number of nitrogens with one attached hydrogen (secondary N) is 1. The van der Waals surface area contributed by atoms with Crippen molar-refractivity contribution in [2.24, 2.45) is 5.73 Å². The van der Waals surface area contributed by atoms with Crippen LogP contribution in [0.15, 0.2) is 46.6 Å². The van der Waals surface area contributed by atoms with Crippen LogP contribution in [0, 0.1) is 6.92 Å². The third-order valence-electron chi connectivity index (χ3n) is 4.78. The smallest absolute Gasteiger partial charge is 0.266 e. The zero-order chi connectivity index (χ0) is 19.1. The van der Waals surface area contributed by atoms with Gasteiger partial charge < -0.3 is 20.6 Å². The number of aliphatic hydroxyl groups excluding tert-OH is 1. The number of methoxy groups -OCH3 is 1. The molecule has 0 aliphatic rings. The normalized spacial score (nSPS) is 12.6. The summed E-state index contributed by atoms with van der Waals surface area (Å²) in [5, 5.41) is 13.2. The van der Waals surface area contributed by atoms with Crippen molar-refractivity contribution in [2.45, 2.75) is 19.6 Å². The van der Waals surface area contributed by atoms with E-state index in [9.17, 15) is 9.90 Å². The zero-order valence-corrected chi connectivity index (χ0v) is 15.9. The Bertz CT molecular complexity index is 1190. The summed E-state index contributed by atoms with van der Waals surface area (Å²) < 4.78 is 6.40. The van der Waals surface area contributed by atoms with E-state index >= 15 is 0 Å². The molecule has 6 heteroatoms. The van der Waals surface area contributed by atoms with Crippen molar-refractivity contribution >= 4 is 32.3 Å². The lowest BCUT2D eigenvalue weighted by Crippen LogP contribution is -2.21. The van der Waals surface area contributed by atoms with Crippen LogP contribution in [-0.4, -0.2) is 23.4 Å². The van der Waals surface area contributed by atoms with E-state index in [-0.39, 0.29) is 5.56 Å². The highest BCUT2D eigenvalue weighted by Gasteiger charge is 2.18. The van der Waals surface area contributed by atoms with Gasteiger partial charge in [-0.05, 0) is 41.1 Å². The Balaban J connectivity index is 2.05. The molecule has 0 radical (unpaired) electrons. The minimum Gasteiger partial charge on any atom is -0.496 e. The number of nitrogens with two attached hydrogens (primary N) is 1. The van der Waals surface area contributed by atoms with E-state index in [1.54, 1.807) is 7.11 Å². The summed E-state index contributed by atoms with van der Waals surface area (Å²) in [5.74, 6) is 0.756. The van der Waals surface area contributed by atoms with E-state index in [4.69, 9.17) is 10.5 Å². The van der Waals surface area contributed by atoms with E-state index in [0.29, 0.717) is 11.1 Å². The number of pyridine rings is 1. The Kier molecular flexibility index (Phi) is 4.47.